The Bertz CT molecular complexity index is 590. The van der Waals surface area contributed by atoms with Gasteiger partial charge in [-0.05, 0) is 50.8 Å². The van der Waals surface area contributed by atoms with Crippen molar-refractivity contribution in [2.75, 3.05) is 26.2 Å². The zero-order valence-electron chi connectivity index (χ0n) is 14.9. The normalized spacial score (nSPS) is 22.6. The third-order valence-corrected chi connectivity index (χ3v) is 4.90. The second-order valence-corrected chi connectivity index (χ2v) is 6.90. The van der Waals surface area contributed by atoms with Gasteiger partial charge in [0.1, 0.15) is 6.04 Å². The van der Waals surface area contributed by atoms with Crippen molar-refractivity contribution in [3.63, 3.8) is 0 Å². The van der Waals surface area contributed by atoms with Gasteiger partial charge in [-0.15, -0.1) is 6.42 Å². The third kappa shape index (κ3) is 6.19. The molecule has 2 aliphatic rings. The molecule has 142 valence electrons. The lowest BCUT2D eigenvalue weighted by molar-refractivity contribution is -0.137. The highest BCUT2D eigenvalue weighted by Gasteiger charge is 2.29. The minimum absolute atomic E-state index is 0.0694. The average Bonchev–Trinajstić information content (AvgIpc) is 2.66. The smallest absolute Gasteiger partial charge is 0.306 e. The van der Waals surface area contributed by atoms with E-state index in [4.69, 9.17) is 11.5 Å². The molecule has 3 N–H and O–H groups in total. The Morgan fingerprint density at radius 1 is 1.31 bits per heavy atom. The molecule has 2 rings (SSSR count). The van der Waals surface area contributed by atoms with Crippen molar-refractivity contribution in [3.05, 3.63) is 12.2 Å². The summed E-state index contributed by atoms with van der Waals surface area (Å²) in [6.07, 6.45) is 12.1. The summed E-state index contributed by atoms with van der Waals surface area (Å²) in [6.45, 7) is 2.92. The van der Waals surface area contributed by atoms with Gasteiger partial charge < -0.3 is 20.6 Å². The molecule has 0 aromatic rings. The third-order valence-electron chi connectivity index (χ3n) is 4.90. The second-order valence-electron chi connectivity index (χ2n) is 6.90. The number of terminal acetylenes is 1. The summed E-state index contributed by atoms with van der Waals surface area (Å²) >= 11 is 0. The number of carboxylic acid groups (broad SMARTS) is 1. The lowest BCUT2D eigenvalue weighted by atomic mass is 9.95. The number of nitrogens with zero attached hydrogens (tertiary/aromatic N) is 1. The van der Waals surface area contributed by atoms with Crippen molar-refractivity contribution in [3.8, 4) is 12.3 Å². The topological polar surface area (TPSA) is 98.7 Å². The second kappa shape index (κ2) is 9.97. The zero-order valence-corrected chi connectivity index (χ0v) is 14.9. The largest absolute Gasteiger partial charge is 0.481 e. The molecule has 7 heteroatoms. The van der Waals surface area contributed by atoms with Crippen LogP contribution in [0.2, 0.25) is 0 Å². The number of nitrogens with one attached hydrogen (secondary N) is 2. The number of carbonyl (C=O) groups is 3. The van der Waals surface area contributed by atoms with Crippen molar-refractivity contribution < 1.29 is 19.5 Å². The molecule has 26 heavy (non-hydrogen) atoms. The summed E-state index contributed by atoms with van der Waals surface area (Å²) in [7, 11) is 0. The minimum Gasteiger partial charge on any atom is -0.481 e. The Morgan fingerprint density at radius 3 is 2.69 bits per heavy atom. The maximum Gasteiger partial charge on any atom is 0.306 e. The van der Waals surface area contributed by atoms with Gasteiger partial charge in [0.2, 0.25) is 11.8 Å². The van der Waals surface area contributed by atoms with Crippen LogP contribution in [0.5, 0.6) is 0 Å². The van der Waals surface area contributed by atoms with E-state index in [0.29, 0.717) is 25.4 Å². The number of rotatable bonds is 6. The summed E-state index contributed by atoms with van der Waals surface area (Å²) in [5, 5.41) is 14.7. The predicted octanol–water partition coefficient (Wildman–Crippen LogP) is 0.374. The molecule has 2 saturated heterocycles. The van der Waals surface area contributed by atoms with E-state index in [9.17, 15) is 14.4 Å². The fourth-order valence-electron chi connectivity index (χ4n) is 3.37. The van der Waals surface area contributed by atoms with E-state index < -0.39 is 12.0 Å². The van der Waals surface area contributed by atoms with E-state index in [1.807, 2.05) is 6.08 Å². The van der Waals surface area contributed by atoms with Crippen molar-refractivity contribution in [2.24, 2.45) is 11.8 Å². The molecule has 0 unspecified atom stereocenters. The molecule has 0 aromatic carbocycles. The van der Waals surface area contributed by atoms with Gasteiger partial charge in [-0.25, -0.2) is 0 Å². The summed E-state index contributed by atoms with van der Waals surface area (Å²) in [4.78, 5) is 37.2. The molecule has 2 fully saturated rings. The van der Waals surface area contributed by atoms with Crippen LogP contribution in [0.25, 0.3) is 0 Å². The van der Waals surface area contributed by atoms with E-state index in [-0.39, 0.29) is 24.2 Å². The van der Waals surface area contributed by atoms with Crippen molar-refractivity contribution in [1.29, 1.82) is 0 Å². The Kier molecular flexibility index (Phi) is 7.67. The number of amides is 2. The maximum atomic E-state index is 12.4. The first-order chi connectivity index (χ1) is 12.5. The lowest BCUT2D eigenvalue weighted by Gasteiger charge is -2.32. The molecule has 2 heterocycles. The Labute approximate surface area is 154 Å². The molecular formula is C19H27N3O4. The molecule has 0 radical (unpaired) electrons. The molecule has 2 amide bonds. The molecule has 7 nitrogen and oxygen atoms in total. The number of piperidine rings is 2. The first-order valence-electron chi connectivity index (χ1n) is 9.15. The molecule has 0 bridgehead atoms. The standard InChI is InChI=1S/C19H27N3O4/c1-2-16(12-18(24)25)21-19(26)15-4-3-11-22(13-15)17(23)6-5-14-7-9-20-10-8-14/h1,5-6,14-16,20H,3-4,7-13H2,(H,21,26)(H,24,25)/b6-5+/t15-,16+/m0/s1. The maximum absolute atomic E-state index is 12.4. The highest BCUT2D eigenvalue weighted by atomic mass is 16.4. The number of hydrogen-bond acceptors (Lipinski definition) is 4. The van der Waals surface area contributed by atoms with Crippen LogP contribution in [0.15, 0.2) is 12.2 Å². The van der Waals surface area contributed by atoms with E-state index in [1.165, 1.54) is 0 Å². The molecule has 0 saturated carbocycles. The fraction of sp³-hybridized carbons (Fsp3) is 0.632. The Balaban J connectivity index is 1.86. The summed E-state index contributed by atoms with van der Waals surface area (Å²) in [5.41, 5.74) is 0. The number of carbonyl (C=O) groups excluding carboxylic acids is 2. The Morgan fingerprint density at radius 2 is 2.04 bits per heavy atom. The van der Waals surface area contributed by atoms with Gasteiger partial charge in [-0.2, -0.15) is 0 Å². The van der Waals surface area contributed by atoms with Gasteiger partial charge in [0.25, 0.3) is 0 Å². The number of hydrogen-bond donors (Lipinski definition) is 3. The van der Waals surface area contributed by atoms with E-state index in [1.54, 1.807) is 11.0 Å². The van der Waals surface area contributed by atoms with E-state index >= 15 is 0 Å². The number of carboxylic acids is 1. The van der Waals surface area contributed by atoms with Crippen LogP contribution in [0.1, 0.15) is 32.1 Å². The Hall–Kier alpha value is -2.33. The van der Waals surface area contributed by atoms with Crippen LogP contribution in [0, 0.1) is 24.2 Å². The van der Waals surface area contributed by atoms with Gasteiger partial charge in [-0.3, -0.25) is 14.4 Å². The van der Waals surface area contributed by atoms with Crippen LogP contribution in [0.4, 0.5) is 0 Å². The fourth-order valence-corrected chi connectivity index (χ4v) is 3.37. The van der Waals surface area contributed by atoms with Gasteiger partial charge in [0, 0.05) is 13.1 Å². The zero-order chi connectivity index (χ0) is 18.9. The van der Waals surface area contributed by atoms with E-state index in [2.05, 4.69) is 16.6 Å². The predicted molar refractivity (Wildman–Crippen MR) is 97.1 cm³/mol. The monoisotopic (exact) mass is 361 g/mol. The molecule has 0 aromatic heterocycles. The first kappa shape index (κ1) is 20.0. The quantitative estimate of drug-likeness (QED) is 0.469. The van der Waals surface area contributed by atoms with Crippen LogP contribution < -0.4 is 10.6 Å². The SMILES string of the molecule is C#C[C@H](CC(=O)O)NC(=O)[C@H]1CCCN(C(=O)/C=C/C2CCNCC2)C1. The molecule has 0 aliphatic carbocycles. The van der Waals surface area contributed by atoms with Crippen LogP contribution in [0.3, 0.4) is 0 Å². The molecule has 2 aliphatic heterocycles. The number of aliphatic carboxylic acids is 1. The van der Waals surface area contributed by atoms with Crippen molar-refractivity contribution in [1.82, 2.24) is 15.5 Å². The van der Waals surface area contributed by atoms with Gasteiger partial charge in [-0.1, -0.05) is 12.0 Å². The van der Waals surface area contributed by atoms with Crippen molar-refractivity contribution in [2.45, 2.75) is 38.1 Å². The van der Waals surface area contributed by atoms with Gasteiger partial charge in [0.15, 0.2) is 0 Å². The van der Waals surface area contributed by atoms with Crippen molar-refractivity contribution >= 4 is 17.8 Å². The molecule has 2 atom stereocenters. The summed E-state index contributed by atoms with van der Waals surface area (Å²) in [5.74, 6) is 0.944. The highest BCUT2D eigenvalue weighted by Crippen LogP contribution is 2.18. The average molecular weight is 361 g/mol. The number of allylic oxidation sites excluding steroid dienone is 1. The lowest BCUT2D eigenvalue weighted by Crippen LogP contribution is -2.47. The van der Waals surface area contributed by atoms with Crippen LogP contribution in [-0.2, 0) is 14.4 Å². The number of likely N-dealkylation sites (tertiary alicyclic amines) is 1. The molecular weight excluding hydrogens is 334 g/mol. The summed E-state index contributed by atoms with van der Waals surface area (Å²) in [6, 6.07) is -0.828. The van der Waals surface area contributed by atoms with E-state index in [0.717, 1.165) is 32.4 Å². The van der Waals surface area contributed by atoms with Crippen LogP contribution >= 0.6 is 0 Å². The first-order valence-corrected chi connectivity index (χ1v) is 9.15. The van der Waals surface area contributed by atoms with Gasteiger partial charge in [0.05, 0.1) is 12.3 Å². The van der Waals surface area contributed by atoms with Crippen LogP contribution in [-0.4, -0.2) is 60.0 Å². The minimum atomic E-state index is -1.06. The molecule has 0 spiro atoms. The summed E-state index contributed by atoms with van der Waals surface area (Å²) < 4.78 is 0. The highest BCUT2D eigenvalue weighted by molar-refractivity contribution is 5.88. The van der Waals surface area contributed by atoms with Gasteiger partial charge >= 0.3 is 5.97 Å².